The standard InChI is InChI=1S/C13H24N2O/c1-9(10-4-2-3-5-10)15-13(16)8-12(14)11-6-7-11/h9-12H,2-8,14H2,1H3,(H,15,16)/t9-,12?/m1/s1. The van der Waals surface area contributed by atoms with Crippen LogP contribution in [0.5, 0.6) is 0 Å². The van der Waals surface area contributed by atoms with Gasteiger partial charge in [0.25, 0.3) is 0 Å². The summed E-state index contributed by atoms with van der Waals surface area (Å²) in [6.45, 7) is 2.14. The zero-order valence-electron chi connectivity index (χ0n) is 10.2. The summed E-state index contributed by atoms with van der Waals surface area (Å²) in [6, 6.07) is 0.428. The highest BCUT2D eigenvalue weighted by Gasteiger charge is 2.30. The summed E-state index contributed by atoms with van der Waals surface area (Å²) in [7, 11) is 0. The molecule has 0 aromatic carbocycles. The van der Waals surface area contributed by atoms with Crippen molar-refractivity contribution in [2.24, 2.45) is 17.6 Å². The van der Waals surface area contributed by atoms with Crippen LogP contribution in [0, 0.1) is 11.8 Å². The molecule has 0 heterocycles. The minimum absolute atomic E-state index is 0.0933. The van der Waals surface area contributed by atoms with Gasteiger partial charge in [-0.25, -0.2) is 0 Å². The Bertz CT molecular complexity index is 244. The van der Waals surface area contributed by atoms with Gasteiger partial charge in [-0.2, -0.15) is 0 Å². The molecule has 3 heteroatoms. The highest BCUT2D eigenvalue weighted by molar-refractivity contribution is 5.76. The van der Waals surface area contributed by atoms with E-state index in [1.807, 2.05) is 0 Å². The second kappa shape index (κ2) is 5.17. The van der Waals surface area contributed by atoms with E-state index in [-0.39, 0.29) is 11.9 Å². The van der Waals surface area contributed by atoms with E-state index >= 15 is 0 Å². The lowest BCUT2D eigenvalue weighted by molar-refractivity contribution is -0.122. The molecule has 3 nitrogen and oxygen atoms in total. The molecule has 0 aliphatic heterocycles. The van der Waals surface area contributed by atoms with Crippen LogP contribution in [-0.2, 0) is 4.79 Å². The zero-order valence-corrected chi connectivity index (χ0v) is 10.2. The Morgan fingerprint density at radius 3 is 2.44 bits per heavy atom. The number of nitrogens with one attached hydrogen (secondary N) is 1. The summed E-state index contributed by atoms with van der Waals surface area (Å²) < 4.78 is 0. The second-order valence-corrected chi connectivity index (χ2v) is 5.61. The number of hydrogen-bond donors (Lipinski definition) is 2. The van der Waals surface area contributed by atoms with Gasteiger partial charge in [0, 0.05) is 18.5 Å². The van der Waals surface area contributed by atoms with Gasteiger partial charge in [0.1, 0.15) is 0 Å². The Kier molecular flexibility index (Phi) is 3.85. The molecule has 0 saturated heterocycles. The van der Waals surface area contributed by atoms with Crippen LogP contribution < -0.4 is 11.1 Å². The fourth-order valence-corrected chi connectivity index (χ4v) is 2.79. The van der Waals surface area contributed by atoms with Crippen LogP contribution in [-0.4, -0.2) is 18.0 Å². The molecule has 2 atom stereocenters. The third kappa shape index (κ3) is 3.21. The Balaban J connectivity index is 1.68. The van der Waals surface area contributed by atoms with Crippen molar-refractivity contribution in [3.05, 3.63) is 0 Å². The maximum atomic E-state index is 11.8. The van der Waals surface area contributed by atoms with E-state index in [0.717, 1.165) is 0 Å². The van der Waals surface area contributed by atoms with Gasteiger partial charge in [0.15, 0.2) is 0 Å². The van der Waals surface area contributed by atoms with Crippen molar-refractivity contribution in [1.82, 2.24) is 5.32 Å². The first-order chi connectivity index (χ1) is 7.66. The van der Waals surface area contributed by atoms with Crippen LogP contribution in [0.15, 0.2) is 0 Å². The minimum atomic E-state index is 0.0933. The molecule has 2 aliphatic carbocycles. The molecule has 2 fully saturated rings. The smallest absolute Gasteiger partial charge is 0.221 e. The van der Waals surface area contributed by atoms with Crippen molar-refractivity contribution >= 4 is 5.91 Å². The van der Waals surface area contributed by atoms with Gasteiger partial charge in [0.05, 0.1) is 0 Å². The number of rotatable bonds is 5. The van der Waals surface area contributed by atoms with E-state index in [0.29, 0.717) is 24.3 Å². The van der Waals surface area contributed by atoms with Crippen LogP contribution in [0.4, 0.5) is 0 Å². The number of amides is 1. The number of nitrogens with two attached hydrogens (primary N) is 1. The molecule has 16 heavy (non-hydrogen) atoms. The first-order valence-corrected chi connectivity index (χ1v) is 6.71. The summed E-state index contributed by atoms with van der Waals surface area (Å²) >= 11 is 0. The van der Waals surface area contributed by atoms with E-state index < -0.39 is 0 Å². The van der Waals surface area contributed by atoms with Crippen LogP contribution in [0.1, 0.15) is 51.9 Å². The maximum absolute atomic E-state index is 11.8. The van der Waals surface area contributed by atoms with Crippen LogP contribution in [0.25, 0.3) is 0 Å². The third-order valence-corrected chi connectivity index (χ3v) is 4.14. The zero-order chi connectivity index (χ0) is 11.5. The lowest BCUT2D eigenvalue weighted by Gasteiger charge is -2.21. The molecule has 0 spiro atoms. The molecule has 0 bridgehead atoms. The lowest BCUT2D eigenvalue weighted by atomic mass is 9.99. The topological polar surface area (TPSA) is 55.1 Å². The average Bonchev–Trinajstić information content (AvgIpc) is 2.93. The third-order valence-electron chi connectivity index (χ3n) is 4.14. The van der Waals surface area contributed by atoms with Crippen LogP contribution in [0.3, 0.4) is 0 Å². The first kappa shape index (κ1) is 11.9. The molecule has 2 saturated carbocycles. The van der Waals surface area contributed by atoms with Crippen LogP contribution >= 0.6 is 0 Å². The fraction of sp³-hybridized carbons (Fsp3) is 0.923. The van der Waals surface area contributed by atoms with E-state index in [4.69, 9.17) is 5.73 Å². The van der Waals surface area contributed by atoms with Crippen molar-refractivity contribution in [1.29, 1.82) is 0 Å². The molecule has 92 valence electrons. The molecule has 0 aromatic rings. The summed E-state index contributed by atoms with van der Waals surface area (Å²) in [6.07, 6.45) is 8.14. The van der Waals surface area contributed by atoms with Crippen molar-refractivity contribution in [2.75, 3.05) is 0 Å². The van der Waals surface area contributed by atoms with E-state index in [2.05, 4.69) is 12.2 Å². The molecular weight excluding hydrogens is 200 g/mol. The number of hydrogen-bond acceptors (Lipinski definition) is 2. The van der Waals surface area contributed by atoms with E-state index in [9.17, 15) is 4.79 Å². The molecule has 3 N–H and O–H groups in total. The summed E-state index contributed by atoms with van der Waals surface area (Å²) in [4.78, 5) is 11.8. The lowest BCUT2D eigenvalue weighted by Crippen LogP contribution is -2.40. The monoisotopic (exact) mass is 224 g/mol. The number of carbonyl (C=O) groups is 1. The molecule has 1 amide bonds. The second-order valence-electron chi connectivity index (χ2n) is 5.61. The minimum Gasteiger partial charge on any atom is -0.353 e. The van der Waals surface area contributed by atoms with Crippen molar-refractivity contribution in [3.8, 4) is 0 Å². The predicted octanol–water partition coefficient (Wildman–Crippen LogP) is 1.81. The normalized spacial score (nSPS) is 25.4. The van der Waals surface area contributed by atoms with Crippen molar-refractivity contribution < 1.29 is 4.79 Å². The predicted molar refractivity (Wildman–Crippen MR) is 64.9 cm³/mol. The van der Waals surface area contributed by atoms with Gasteiger partial charge < -0.3 is 11.1 Å². The van der Waals surface area contributed by atoms with Gasteiger partial charge in [-0.1, -0.05) is 12.8 Å². The average molecular weight is 224 g/mol. The molecule has 2 rings (SSSR count). The Labute approximate surface area is 98.2 Å². The van der Waals surface area contributed by atoms with Crippen molar-refractivity contribution in [3.63, 3.8) is 0 Å². The molecule has 0 aromatic heterocycles. The van der Waals surface area contributed by atoms with Crippen molar-refractivity contribution in [2.45, 2.75) is 64.0 Å². The first-order valence-electron chi connectivity index (χ1n) is 6.71. The van der Waals surface area contributed by atoms with Gasteiger partial charge in [-0.15, -0.1) is 0 Å². The molecule has 0 radical (unpaired) electrons. The van der Waals surface area contributed by atoms with Gasteiger partial charge >= 0.3 is 0 Å². The van der Waals surface area contributed by atoms with Crippen LogP contribution in [0.2, 0.25) is 0 Å². The summed E-state index contributed by atoms with van der Waals surface area (Å²) in [5.41, 5.74) is 5.95. The van der Waals surface area contributed by atoms with E-state index in [1.165, 1.54) is 38.5 Å². The highest BCUT2D eigenvalue weighted by Crippen LogP contribution is 2.33. The Hall–Kier alpha value is -0.570. The van der Waals surface area contributed by atoms with E-state index in [1.54, 1.807) is 0 Å². The van der Waals surface area contributed by atoms with Gasteiger partial charge in [-0.3, -0.25) is 4.79 Å². The Morgan fingerprint density at radius 1 is 1.25 bits per heavy atom. The molecular formula is C13H24N2O. The molecule has 1 unspecified atom stereocenters. The highest BCUT2D eigenvalue weighted by atomic mass is 16.1. The fourth-order valence-electron chi connectivity index (χ4n) is 2.79. The van der Waals surface area contributed by atoms with Gasteiger partial charge in [0.2, 0.25) is 5.91 Å². The maximum Gasteiger partial charge on any atom is 0.221 e. The summed E-state index contributed by atoms with van der Waals surface area (Å²) in [5, 5.41) is 3.12. The number of carbonyl (C=O) groups excluding carboxylic acids is 1. The molecule has 2 aliphatic rings. The Morgan fingerprint density at radius 2 is 1.88 bits per heavy atom. The SMILES string of the molecule is C[C@@H](NC(=O)CC(N)C1CC1)C1CCCC1. The largest absolute Gasteiger partial charge is 0.353 e. The quantitative estimate of drug-likeness (QED) is 0.748. The van der Waals surface area contributed by atoms with Gasteiger partial charge in [-0.05, 0) is 44.4 Å². The summed E-state index contributed by atoms with van der Waals surface area (Å²) in [5.74, 6) is 1.47.